The Hall–Kier alpha value is -2.56. The molecule has 0 radical (unpaired) electrons. The lowest BCUT2D eigenvalue weighted by atomic mass is 10.1. The molecule has 1 aliphatic rings. The van der Waals surface area contributed by atoms with Gasteiger partial charge in [0.25, 0.3) is 0 Å². The lowest BCUT2D eigenvalue weighted by Crippen LogP contribution is -2.67. The van der Waals surface area contributed by atoms with Gasteiger partial charge >= 0.3 is 0 Å². The maximum absolute atomic E-state index is 10.6. The Labute approximate surface area is 98.1 Å². The molecule has 5 nitrogen and oxygen atoms in total. The summed E-state index contributed by atoms with van der Waals surface area (Å²) in [7, 11) is 0. The molecule has 0 saturated heterocycles. The molecule has 0 bridgehead atoms. The molecule has 0 aliphatic heterocycles. The molecular formula is C12H11N3O2. The quantitative estimate of drug-likeness (QED) is 0.295. The Morgan fingerprint density at radius 3 is 2.53 bits per heavy atom. The first kappa shape index (κ1) is 10.9. The SMILES string of the molecule is [O-]/[NH+]=C1\C=CC=C\C1=N\Nc1ccc(O)cc1. The van der Waals surface area contributed by atoms with E-state index in [9.17, 15) is 5.21 Å². The van der Waals surface area contributed by atoms with Crippen molar-refractivity contribution in [2.24, 2.45) is 5.10 Å². The third-order valence-electron chi connectivity index (χ3n) is 2.19. The average Bonchev–Trinajstić information content (AvgIpc) is 2.38. The van der Waals surface area contributed by atoms with Gasteiger partial charge in [-0.05, 0) is 30.3 Å². The molecular weight excluding hydrogens is 218 g/mol. The molecule has 0 heterocycles. The lowest BCUT2D eigenvalue weighted by molar-refractivity contribution is -0.369. The third kappa shape index (κ3) is 2.72. The van der Waals surface area contributed by atoms with Crippen LogP contribution in [-0.4, -0.2) is 16.5 Å². The highest BCUT2D eigenvalue weighted by atomic mass is 16.4. The van der Waals surface area contributed by atoms with E-state index in [1.54, 1.807) is 48.6 Å². The molecule has 0 fully saturated rings. The van der Waals surface area contributed by atoms with Gasteiger partial charge in [0.05, 0.1) is 5.69 Å². The van der Waals surface area contributed by atoms with Gasteiger partial charge in [-0.1, -0.05) is 12.2 Å². The zero-order valence-electron chi connectivity index (χ0n) is 8.92. The third-order valence-corrected chi connectivity index (χ3v) is 2.19. The fourth-order valence-electron chi connectivity index (χ4n) is 1.32. The maximum atomic E-state index is 10.6. The summed E-state index contributed by atoms with van der Waals surface area (Å²) >= 11 is 0. The van der Waals surface area contributed by atoms with Gasteiger partial charge in [-0.2, -0.15) is 5.10 Å². The molecule has 0 atom stereocenters. The summed E-state index contributed by atoms with van der Waals surface area (Å²) in [5.74, 6) is 0.192. The summed E-state index contributed by atoms with van der Waals surface area (Å²) in [4.78, 5) is 0. The number of hydrogen-bond acceptors (Lipinski definition) is 4. The van der Waals surface area contributed by atoms with Crippen LogP contribution in [0.15, 0.2) is 53.7 Å². The minimum atomic E-state index is 0.192. The van der Waals surface area contributed by atoms with Gasteiger partial charge in [0.15, 0.2) is 5.71 Å². The Balaban J connectivity index is 2.13. The minimum absolute atomic E-state index is 0.192. The molecule has 1 aliphatic carbocycles. The molecule has 0 unspecified atom stereocenters. The van der Waals surface area contributed by atoms with Crippen LogP contribution in [0, 0.1) is 5.21 Å². The minimum Gasteiger partial charge on any atom is -0.625 e. The molecule has 3 N–H and O–H groups in total. The molecule has 2 rings (SSSR count). The number of phenolic OH excluding ortho intramolecular Hbond substituents is 1. The fourth-order valence-corrected chi connectivity index (χ4v) is 1.32. The molecule has 5 heteroatoms. The van der Waals surface area contributed by atoms with Crippen LogP contribution in [0.25, 0.3) is 0 Å². The van der Waals surface area contributed by atoms with Gasteiger partial charge in [0, 0.05) is 6.08 Å². The van der Waals surface area contributed by atoms with Crippen molar-refractivity contribution >= 4 is 17.1 Å². The van der Waals surface area contributed by atoms with Crippen LogP contribution in [0.5, 0.6) is 5.75 Å². The summed E-state index contributed by atoms with van der Waals surface area (Å²) in [5, 5.41) is 25.7. The smallest absolute Gasteiger partial charge is 0.236 e. The molecule has 17 heavy (non-hydrogen) atoms. The van der Waals surface area contributed by atoms with E-state index >= 15 is 0 Å². The normalized spacial score (nSPS) is 18.8. The van der Waals surface area contributed by atoms with Gasteiger partial charge < -0.3 is 10.3 Å². The second-order valence-corrected chi connectivity index (χ2v) is 3.39. The van der Waals surface area contributed by atoms with Crippen molar-refractivity contribution in [3.8, 4) is 5.75 Å². The second kappa shape index (κ2) is 4.98. The molecule has 1 aromatic rings. The van der Waals surface area contributed by atoms with E-state index in [-0.39, 0.29) is 5.75 Å². The zero-order chi connectivity index (χ0) is 12.1. The van der Waals surface area contributed by atoms with Gasteiger partial charge in [0.2, 0.25) is 5.71 Å². The van der Waals surface area contributed by atoms with E-state index in [2.05, 4.69) is 10.5 Å². The van der Waals surface area contributed by atoms with Crippen LogP contribution in [0.1, 0.15) is 0 Å². The molecule has 1 aromatic carbocycles. The largest absolute Gasteiger partial charge is 0.625 e. The zero-order valence-corrected chi connectivity index (χ0v) is 8.92. The monoisotopic (exact) mass is 229 g/mol. The molecule has 0 saturated carbocycles. The van der Waals surface area contributed by atoms with Gasteiger partial charge in [-0.3, -0.25) is 5.43 Å². The highest BCUT2D eigenvalue weighted by molar-refractivity contribution is 6.49. The van der Waals surface area contributed by atoms with Crippen LogP contribution < -0.4 is 10.6 Å². The molecule has 0 amide bonds. The Kier molecular flexibility index (Phi) is 3.20. The first-order valence-electron chi connectivity index (χ1n) is 5.02. The van der Waals surface area contributed by atoms with Crippen molar-refractivity contribution in [1.82, 2.24) is 0 Å². The summed E-state index contributed by atoms with van der Waals surface area (Å²) in [6, 6.07) is 6.48. The van der Waals surface area contributed by atoms with Crippen molar-refractivity contribution in [3.63, 3.8) is 0 Å². The molecule has 0 spiro atoms. The summed E-state index contributed by atoms with van der Waals surface area (Å²) in [6.07, 6.45) is 6.90. The van der Waals surface area contributed by atoms with Gasteiger partial charge in [-0.25, -0.2) is 5.16 Å². The molecule has 0 aromatic heterocycles. The predicted molar refractivity (Wildman–Crippen MR) is 66.8 cm³/mol. The number of anilines is 1. The first-order chi connectivity index (χ1) is 8.29. The van der Waals surface area contributed by atoms with Crippen molar-refractivity contribution in [2.75, 3.05) is 5.43 Å². The first-order valence-corrected chi connectivity index (χ1v) is 5.02. The van der Waals surface area contributed by atoms with Crippen LogP contribution in [-0.2, 0) is 0 Å². The van der Waals surface area contributed by atoms with E-state index < -0.39 is 0 Å². The number of aromatic hydroxyl groups is 1. The summed E-state index contributed by atoms with van der Waals surface area (Å²) in [6.45, 7) is 0. The Bertz CT molecular complexity index is 513. The van der Waals surface area contributed by atoms with Crippen molar-refractivity contribution < 1.29 is 10.3 Å². The number of allylic oxidation sites excluding steroid dienone is 4. The summed E-state index contributed by atoms with van der Waals surface area (Å²) < 4.78 is 0. The standard InChI is InChI=1S/C12H11N3O2/c16-10-7-5-9(6-8-10)13-14-11-3-1-2-4-12(11)15-17/h1-8,13,15H,(H-,14,16,17). The van der Waals surface area contributed by atoms with E-state index in [1.165, 1.54) is 0 Å². The van der Waals surface area contributed by atoms with Gasteiger partial charge in [0.1, 0.15) is 5.75 Å². The molecule has 86 valence electrons. The van der Waals surface area contributed by atoms with Crippen LogP contribution >= 0.6 is 0 Å². The lowest BCUT2D eigenvalue weighted by Gasteiger charge is -2.04. The van der Waals surface area contributed by atoms with E-state index in [1.807, 2.05) is 5.16 Å². The highest BCUT2D eigenvalue weighted by Crippen LogP contribution is 2.13. The average molecular weight is 229 g/mol. The number of rotatable bonds is 2. The van der Waals surface area contributed by atoms with Crippen molar-refractivity contribution in [2.45, 2.75) is 0 Å². The topological polar surface area (TPSA) is 81.7 Å². The Morgan fingerprint density at radius 2 is 1.82 bits per heavy atom. The van der Waals surface area contributed by atoms with Gasteiger partial charge in [-0.15, -0.1) is 0 Å². The summed E-state index contributed by atoms with van der Waals surface area (Å²) in [5.41, 5.74) is 4.45. The predicted octanol–water partition coefficient (Wildman–Crippen LogP) is 0.305. The van der Waals surface area contributed by atoms with Crippen molar-refractivity contribution in [3.05, 3.63) is 53.8 Å². The second-order valence-electron chi connectivity index (χ2n) is 3.39. The van der Waals surface area contributed by atoms with E-state index in [0.717, 1.165) is 5.69 Å². The number of hydrazone groups is 1. The van der Waals surface area contributed by atoms with Crippen LogP contribution in [0.2, 0.25) is 0 Å². The van der Waals surface area contributed by atoms with E-state index in [4.69, 9.17) is 5.11 Å². The van der Waals surface area contributed by atoms with Crippen molar-refractivity contribution in [1.29, 1.82) is 0 Å². The number of nitrogens with one attached hydrogen (secondary N) is 2. The highest BCUT2D eigenvalue weighted by Gasteiger charge is 2.09. The number of phenols is 1. The number of nitrogens with zero attached hydrogens (tertiary/aromatic N) is 1. The van der Waals surface area contributed by atoms with Crippen LogP contribution in [0.3, 0.4) is 0 Å². The maximum Gasteiger partial charge on any atom is 0.236 e. The number of benzene rings is 1. The Morgan fingerprint density at radius 1 is 1.12 bits per heavy atom. The van der Waals surface area contributed by atoms with E-state index in [0.29, 0.717) is 11.4 Å². The number of hydrogen-bond donors (Lipinski definition) is 3. The van der Waals surface area contributed by atoms with Crippen LogP contribution in [0.4, 0.5) is 5.69 Å². The fraction of sp³-hybridized carbons (Fsp3) is 0.